The van der Waals surface area contributed by atoms with Gasteiger partial charge in [0.2, 0.25) is 5.91 Å². The minimum absolute atomic E-state index is 0.00443. The fourth-order valence-corrected chi connectivity index (χ4v) is 3.12. The summed E-state index contributed by atoms with van der Waals surface area (Å²) in [5.74, 6) is -0.149. The average Bonchev–Trinajstić information content (AvgIpc) is 2.60. The lowest BCUT2D eigenvalue weighted by molar-refractivity contribution is -0.123. The number of fused-ring (bicyclic) bond motifs is 1. The molecule has 0 aliphatic heterocycles. The molecule has 0 aliphatic carbocycles. The summed E-state index contributed by atoms with van der Waals surface area (Å²) >= 11 is 0. The quantitative estimate of drug-likeness (QED) is 0.740. The van der Waals surface area contributed by atoms with Crippen molar-refractivity contribution in [3.63, 3.8) is 0 Å². The molecular formula is C21H21NO3. The van der Waals surface area contributed by atoms with Crippen LogP contribution in [0.15, 0.2) is 57.7 Å². The zero-order valence-corrected chi connectivity index (χ0v) is 14.6. The first-order chi connectivity index (χ1) is 12.0. The van der Waals surface area contributed by atoms with Gasteiger partial charge in [0.1, 0.15) is 5.58 Å². The fourth-order valence-electron chi connectivity index (χ4n) is 3.12. The number of carbonyl (C=O) groups is 1. The van der Waals surface area contributed by atoms with Crippen molar-refractivity contribution >= 4 is 16.9 Å². The van der Waals surface area contributed by atoms with Crippen molar-refractivity contribution < 1.29 is 9.21 Å². The second-order valence-corrected chi connectivity index (χ2v) is 6.34. The van der Waals surface area contributed by atoms with Crippen LogP contribution in [0.25, 0.3) is 22.1 Å². The molecule has 1 N–H and O–H groups in total. The average molecular weight is 335 g/mol. The van der Waals surface area contributed by atoms with Crippen molar-refractivity contribution in [3.8, 4) is 11.1 Å². The second kappa shape index (κ2) is 6.93. The molecule has 1 aromatic heterocycles. The predicted octanol–water partition coefficient (Wildman–Crippen LogP) is 3.69. The van der Waals surface area contributed by atoms with Gasteiger partial charge in [0.05, 0.1) is 0 Å². The minimum atomic E-state index is -0.373. The van der Waals surface area contributed by atoms with Crippen LogP contribution in [0, 0.1) is 12.8 Å². The highest BCUT2D eigenvalue weighted by molar-refractivity contribution is 5.94. The van der Waals surface area contributed by atoms with Crippen LogP contribution in [0.3, 0.4) is 0 Å². The monoisotopic (exact) mass is 335 g/mol. The van der Waals surface area contributed by atoms with Gasteiger partial charge in [-0.3, -0.25) is 4.79 Å². The lowest BCUT2D eigenvalue weighted by Crippen LogP contribution is -2.26. The molecule has 3 rings (SSSR count). The molecule has 1 amide bonds. The smallest absolute Gasteiger partial charge is 0.336 e. The van der Waals surface area contributed by atoms with Gasteiger partial charge >= 0.3 is 5.63 Å². The van der Waals surface area contributed by atoms with Gasteiger partial charge in [-0.1, -0.05) is 43.3 Å². The molecule has 0 saturated carbocycles. The topological polar surface area (TPSA) is 59.3 Å². The number of carbonyl (C=O) groups excluding carboxylic acids is 1. The molecule has 4 heteroatoms. The van der Waals surface area contributed by atoms with Crippen LogP contribution in [-0.4, -0.2) is 13.0 Å². The Morgan fingerprint density at radius 1 is 1.12 bits per heavy atom. The van der Waals surface area contributed by atoms with E-state index in [2.05, 4.69) is 5.32 Å². The van der Waals surface area contributed by atoms with Crippen LogP contribution < -0.4 is 10.9 Å². The fraction of sp³-hybridized carbons (Fsp3) is 0.238. The van der Waals surface area contributed by atoms with Crippen LogP contribution in [-0.2, 0) is 11.2 Å². The maximum atomic E-state index is 12.0. The summed E-state index contributed by atoms with van der Waals surface area (Å²) in [4.78, 5) is 23.8. The van der Waals surface area contributed by atoms with Crippen molar-refractivity contribution in [1.29, 1.82) is 0 Å². The lowest BCUT2D eigenvalue weighted by Gasteiger charge is -2.12. The van der Waals surface area contributed by atoms with E-state index in [1.807, 2.05) is 56.3 Å². The molecule has 0 spiro atoms. The van der Waals surface area contributed by atoms with Gasteiger partial charge in [0, 0.05) is 30.0 Å². The van der Waals surface area contributed by atoms with Gasteiger partial charge in [-0.2, -0.15) is 0 Å². The molecule has 1 heterocycles. The Hall–Kier alpha value is -2.88. The van der Waals surface area contributed by atoms with Gasteiger partial charge in [0.25, 0.3) is 0 Å². The first-order valence-corrected chi connectivity index (χ1v) is 8.34. The highest BCUT2D eigenvalue weighted by Gasteiger charge is 2.14. The molecule has 0 aliphatic rings. The van der Waals surface area contributed by atoms with E-state index in [0.29, 0.717) is 12.0 Å². The van der Waals surface area contributed by atoms with Crippen LogP contribution in [0.1, 0.15) is 18.1 Å². The third-order valence-corrected chi connectivity index (χ3v) is 4.48. The van der Waals surface area contributed by atoms with Crippen molar-refractivity contribution in [2.45, 2.75) is 20.3 Å². The Balaban J connectivity index is 2.09. The highest BCUT2D eigenvalue weighted by Crippen LogP contribution is 2.30. The van der Waals surface area contributed by atoms with E-state index in [1.165, 1.54) is 6.07 Å². The predicted molar refractivity (Wildman–Crippen MR) is 99.6 cm³/mol. The largest absolute Gasteiger partial charge is 0.423 e. The van der Waals surface area contributed by atoms with Gasteiger partial charge < -0.3 is 9.73 Å². The zero-order valence-electron chi connectivity index (χ0n) is 14.6. The van der Waals surface area contributed by atoms with E-state index in [1.54, 1.807) is 7.05 Å². The molecule has 0 saturated heterocycles. The maximum absolute atomic E-state index is 12.0. The molecule has 3 aromatic rings. The molecule has 0 radical (unpaired) electrons. The third kappa shape index (κ3) is 3.48. The Kier molecular flexibility index (Phi) is 4.70. The number of amides is 1. The SMILES string of the molecule is CNC(=O)C(C)Cc1ccc2c(-c3ccccc3C)cc(=O)oc2c1. The van der Waals surface area contributed by atoms with Crippen molar-refractivity contribution in [3.05, 3.63) is 70.1 Å². The van der Waals surface area contributed by atoms with Crippen LogP contribution in [0.2, 0.25) is 0 Å². The minimum Gasteiger partial charge on any atom is -0.423 e. The van der Waals surface area contributed by atoms with Gasteiger partial charge in [-0.25, -0.2) is 4.79 Å². The molecule has 1 unspecified atom stereocenters. The Bertz CT molecular complexity index is 988. The molecule has 0 fully saturated rings. The molecule has 4 nitrogen and oxygen atoms in total. The summed E-state index contributed by atoms with van der Waals surface area (Å²) in [6.45, 7) is 3.90. The number of benzene rings is 2. The van der Waals surface area contributed by atoms with Gasteiger partial charge in [-0.15, -0.1) is 0 Å². The maximum Gasteiger partial charge on any atom is 0.336 e. The second-order valence-electron chi connectivity index (χ2n) is 6.34. The Morgan fingerprint density at radius 2 is 1.88 bits per heavy atom. The van der Waals surface area contributed by atoms with Crippen LogP contribution >= 0.6 is 0 Å². The third-order valence-electron chi connectivity index (χ3n) is 4.48. The Morgan fingerprint density at radius 3 is 2.60 bits per heavy atom. The van der Waals surface area contributed by atoms with Gasteiger partial charge in [-0.05, 0) is 36.1 Å². The van der Waals surface area contributed by atoms with Crippen molar-refractivity contribution in [2.24, 2.45) is 5.92 Å². The summed E-state index contributed by atoms with van der Waals surface area (Å²) in [6.07, 6.45) is 0.591. The molecule has 1 atom stereocenters. The first kappa shape index (κ1) is 17.0. The number of rotatable bonds is 4. The number of aryl methyl sites for hydroxylation is 1. The summed E-state index contributed by atoms with van der Waals surface area (Å²) in [5, 5.41) is 3.55. The normalized spacial score (nSPS) is 12.1. The lowest BCUT2D eigenvalue weighted by atomic mass is 9.95. The summed E-state index contributed by atoms with van der Waals surface area (Å²) in [5.41, 5.74) is 4.14. The molecular weight excluding hydrogens is 314 g/mol. The van der Waals surface area contributed by atoms with Crippen molar-refractivity contribution in [2.75, 3.05) is 7.05 Å². The summed E-state index contributed by atoms with van der Waals surface area (Å²) < 4.78 is 5.42. The van der Waals surface area contributed by atoms with Crippen LogP contribution in [0.5, 0.6) is 0 Å². The van der Waals surface area contributed by atoms with E-state index in [4.69, 9.17) is 4.42 Å². The summed E-state index contributed by atoms with van der Waals surface area (Å²) in [7, 11) is 1.63. The number of hydrogen-bond acceptors (Lipinski definition) is 3. The molecule has 2 aromatic carbocycles. The zero-order chi connectivity index (χ0) is 18.0. The van der Waals surface area contributed by atoms with E-state index in [9.17, 15) is 9.59 Å². The van der Waals surface area contributed by atoms with Crippen LogP contribution in [0.4, 0.5) is 0 Å². The van der Waals surface area contributed by atoms with E-state index < -0.39 is 0 Å². The van der Waals surface area contributed by atoms with E-state index >= 15 is 0 Å². The summed E-state index contributed by atoms with van der Waals surface area (Å²) in [6, 6.07) is 15.3. The highest BCUT2D eigenvalue weighted by atomic mass is 16.4. The van der Waals surface area contributed by atoms with E-state index in [-0.39, 0.29) is 17.5 Å². The number of hydrogen-bond donors (Lipinski definition) is 1. The Labute approximate surface area is 146 Å². The van der Waals surface area contributed by atoms with Gasteiger partial charge in [0.15, 0.2) is 0 Å². The van der Waals surface area contributed by atoms with Crippen molar-refractivity contribution in [1.82, 2.24) is 5.32 Å². The molecule has 25 heavy (non-hydrogen) atoms. The van der Waals surface area contributed by atoms with E-state index in [0.717, 1.165) is 27.6 Å². The molecule has 0 bridgehead atoms. The standard InChI is InChI=1S/C21H21NO3/c1-13-6-4-5-7-16(13)18-12-20(23)25-19-11-15(8-9-17(18)19)10-14(2)21(24)22-3/h4-9,11-12,14H,10H2,1-3H3,(H,22,24). The first-order valence-electron chi connectivity index (χ1n) is 8.34. The molecule has 128 valence electrons. The number of nitrogens with one attached hydrogen (secondary N) is 1.